The molecule has 1 atom stereocenters. The van der Waals surface area contributed by atoms with Crippen molar-refractivity contribution in [2.45, 2.75) is 13.0 Å². The van der Waals surface area contributed by atoms with E-state index >= 15 is 0 Å². The summed E-state index contributed by atoms with van der Waals surface area (Å²) in [6.07, 6.45) is -0.928. The van der Waals surface area contributed by atoms with Crippen LogP contribution in [0.25, 0.3) is 0 Å². The van der Waals surface area contributed by atoms with Crippen molar-refractivity contribution in [2.24, 2.45) is 0 Å². The molecule has 1 aromatic carbocycles. The smallest absolute Gasteiger partial charge is 0.334 e. The van der Waals surface area contributed by atoms with Gasteiger partial charge in [-0.3, -0.25) is 0 Å². The third-order valence-corrected chi connectivity index (χ3v) is 2.33. The lowest BCUT2D eigenvalue weighted by Gasteiger charge is -2.13. The van der Waals surface area contributed by atoms with Gasteiger partial charge in [0.2, 0.25) is 0 Å². The molecule has 0 saturated heterocycles. The lowest BCUT2D eigenvalue weighted by Crippen LogP contribution is -2.30. The van der Waals surface area contributed by atoms with E-state index in [0.29, 0.717) is 11.3 Å². The molecule has 0 aromatic heterocycles. The van der Waals surface area contributed by atoms with E-state index in [1.54, 1.807) is 12.1 Å². The van der Waals surface area contributed by atoms with Crippen LogP contribution in [0, 0.1) is 18.3 Å². The largest absolute Gasteiger partial charge is 0.479 e. The molecule has 1 aromatic rings. The van der Waals surface area contributed by atoms with E-state index in [9.17, 15) is 4.79 Å². The van der Waals surface area contributed by atoms with Crippen LogP contribution in [0.3, 0.4) is 0 Å². The van der Waals surface area contributed by atoms with Gasteiger partial charge >= 0.3 is 5.97 Å². The summed E-state index contributed by atoms with van der Waals surface area (Å²) < 4.78 is 4.79. The summed E-state index contributed by atoms with van der Waals surface area (Å²) in [6.45, 7) is 2.00. The molecule has 0 aliphatic heterocycles. The first kappa shape index (κ1) is 13.0. The third kappa shape index (κ3) is 3.47. The van der Waals surface area contributed by atoms with Gasteiger partial charge in [-0.2, -0.15) is 5.26 Å². The molecular weight excluding hydrogens is 220 g/mol. The molecule has 0 radical (unpaired) electrons. The number of nitriles is 1. The van der Waals surface area contributed by atoms with E-state index in [0.717, 1.165) is 5.56 Å². The van der Waals surface area contributed by atoms with E-state index in [4.69, 9.17) is 15.1 Å². The maximum atomic E-state index is 10.7. The number of rotatable bonds is 5. The van der Waals surface area contributed by atoms with Crippen molar-refractivity contribution < 1.29 is 14.6 Å². The highest BCUT2D eigenvalue weighted by atomic mass is 16.5. The van der Waals surface area contributed by atoms with Crippen molar-refractivity contribution >= 4 is 11.7 Å². The van der Waals surface area contributed by atoms with E-state index in [-0.39, 0.29) is 6.54 Å². The van der Waals surface area contributed by atoms with Crippen LogP contribution in [-0.4, -0.2) is 30.8 Å². The number of methoxy groups -OCH3 is 1. The minimum absolute atomic E-state index is 0.115. The molecule has 0 aliphatic carbocycles. The highest BCUT2D eigenvalue weighted by Crippen LogP contribution is 2.16. The molecule has 0 aliphatic rings. The number of nitrogens with zero attached hydrogens (tertiary/aromatic N) is 1. The van der Waals surface area contributed by atoms with Gasteiger partial charge in [-0.05, 0) is 24.6 Å². The van der Waals surface area contributed by atoms with E-state index < -0.39 is 12.1 Å². The number of carbonyl (C=O) groups is 1. The number of anilines is 1. The first-order valence-corrected chi connectivity index (χ1v) is 5.08. The van der Waals surface area contributed by atoms with Gasteiger partial charge in [0, 0.05) is 7.11 Å². The van der Waals surface area contributed by atoms with Crippen molar-refractivity contribution in [3.63, 3.8) is 0 Å². The number of benzene rings is 1. The van der Waals surface area contributed by atoms with Gasteiger partial charge in [0.15, 0.2) is 6.10 Å². The number of aryl methyl sites for hydroxylation is 1. The zero-order valence-corrected chi connectivity index (χ0v) is 9.73. The maximum Gasteiger partial charge on any atom is 0.334 e. The second-order valence-corrected chi connectivity index (χ2v) is 3.60. The predicted octanol–water partition coefficient (Wildman–Crippen LogP) is 1.38. The summed E-state index contributed by atoms with van der Waals surface area (Å²) in [5.41, 5.74) is 2.08. The summed E-state index contributed by atoms with van der Waals surface area (Å²) in [6, 6.07) is 7.40. The third-order valence-electron chi connectivity index (χ3n) is 2.33. The predicted molar refractivity (Wildman–Crippen MR) is 62.8 cm³/mol. The highest BCUT2D eigenvalue weighted by Gasteiger charge is 2.16. The zero-order chi connectivity index (χ0) is 12.8. The molecule has 5 nitrogen and oxygen atoms in total. The molecule has 0 heterocycles. The van der Waals surface area contributed by atoms with Crippen molar-refractivity contribution in [3.05, 3.63) is 29.3 Å². The van der Waals surface area contributed by atoms with Crippen molar-refractivity contribution in [1.82, 2.24) is 0 Å². The number of hydrogen-bond donors (Lipinski definition) is 2. The minimum atomic E-state index is -1.04. The molecule has 0 fully saturated rings. The molecule has 90 valence electrons. The summed E-state index contributed by atoms with van der Waals surface area (Å²) in [7, 11) is 1.33. The van der Waals surface area contributed by atoms with Crippen molar-refractivity contribution in [1.29, 1.82) is 5.26 Å². The summed E-state index contributed by atoms with van der Waals surface area (Å²) in [5, 5.41) is 20.6. The first-order valence-electron chi connectivity index (χ1n) is 5.08. The van der Waals surface area contributed by atoms with Gasteiger partial charge in [0.25, 0.3) is 0 Å². The Morgan fingerprint density at radius 1 is 1.65 bits per heavy atom. The van der Waals surface area contributed by atoms with Crippen LogP contribution >= 0.6 is 0 Å². The second kappa shape index (κ2) is 5.87. The minimum Gasteiger partial charge on any atom is -0.479 e. The van der Waals surface area contributed by atoms with E-state index in [1.165, 1.54) is 7.11 Å². The molecular formula is C12H14N2O3. The Bertz CT molecular complexity index is 452. The molecule has 0 bridgehead atoms. The Labute approximate surface area is 99.6 Å². The van der Waals surface area contributed by atoms with Gasteiger partial charge in [0.1, 0.15) is 6.07 Å². The average Bonchev–Trinajstić information content (AvgIpc) is 2.31. The van der Waals surface area contributed by atoms with Crippen LogP contribution in [0.15, 0.2) is 18.2 Å². The summed E-state index contributed by atoms with van der Waals surface area (Å²) in [5.74, 6) is -1.04. The molecule has 1 rings (SSSR count). The summed E-state index contributed by atoms with van der Waals surface area (Å²) in [4.78, 5) is 10.7. The normalized spacial score (nSPS) is 11.6. The van der Waals surface area contributed by atoms with Crippen molar-refractivity contribution in [2.75, 3.05) is 19.0 Å². The van der Waals surface area contributed by atoms with Gasteiger partial charge in [0.05, 0.1) is 17.8 Å². The lowest BCUT2D eigenvalue weighted by molar-refractivity contribution is -0.147. The van der Waals surface area contributed by atoms with Gasteiger partial charge in [-0.15, -0.1) is 0 Å². The number of carboxylic acid groups (broad SMARTS) is 1. The van der Waals surface area contributed by atoms with Crippen LogP contribution in [0.4, 0.5) is 5.69 Å². The van der Waals surface area contributed by atoms with Crippen LogP contribution in [-0.2, 0) is 9.53 Å². The Morgan fingerprint density at radius 3 is 2.88 bits per heavy atom. The maximum absolute atomic E-state index is 10.7. The molecule has 1 unspecified atom stereocenters. The highest BCUT2D eigenvalue weighted by molar-refractivity contribution is 5.73. The fourth-order valence-corrected chi connectivity index (χ4v) is 1.38. The molecule has 0 spiro atoms. The fourth-order valence-electron chi connectivity index (χ4n) is 1.38. The Hall–Kier alpha value is -2.06. The number of carboxylic acids is 1. The molecule has 0 amide bonds. The molecule has 2 N–H and O–H groups in total. The first-order chi connectivity index (χ1) is 8.08. The Kier molecular flexibility index (Phi) is 4.49. The topological polar surface area (TPSA) is 82.3 Å². The van der Waals surface area contributed by atoms with Crippen molar-refractivity contribution in [3.8, 4) is 6.07 Å². The number of nitrogens with one attached hydrogen (secondary N) is 1. The molecule has 17 heavy (non-hydrogen) atoms. The quantitative estimate of drug-likeness (QED) is 0.804. The van der Waals surface area contributed by atoms with E-state index in [1.807, 2.05) is 13.0 Å². The van der Waals surface area contributed by atoms with Gasteiger partial charge in [-0.25, -0.2) is 4.79 Å². The van der Waals surface area contributed by atoms with Crippen LogP contribution < -0.4 is 5.32 Å². The second-order valence-electron chi connectivity index (χ2n) is 3.60. The number of hydrogen-bond acceptors (Lipinski definition) is 4. The van der Waals surface area contributed by atoms with Crippen LogP contribution in [0.5, 0.6) is 0 Å². The van der Waals surface area contributed by atoms with Gasteiger partial charge < -0.3 is 15.2 Å². The monoisotopic (exact) mass is 234 g/mol. The number of ether oxygens (including phenoxy) is 1. The molecule has 0 saturated carbocycles. The van der Waals surface area contributed by atoms with Gasteiger partial charge in [-0.1, -0.05) is 6.07 Å². The van der Waals surface area contributed by atoms with Crippen LogP contribution in [0.1, 0.15) is 11.1 Å². The number of aliphatic carboxylic acids is 1. The zero-order valence-electron chi connectivity index (χ0n) is 9.73. The fraction of sp³-hybridized carbons (Fsp3) is 0.333. The average molecular weight is 234 g/mol. The van der Waals surface area contributed by atoms with Crippen LogP contribution in [0.2, 0.25) is 0 Å². The Morgan fingerprint density at radius 2 is 2.35 bits per heavy atom. The SMILES string of the molecule is COC(CNc1ccc(C)cc1C#N)C(=O)O. The summed E-state index contributed by atoms with van der Waals surface area (Å²) >= 11 is 0. The molecule has 5 heteroatoms. The Balaban J connectivity index is 2.76. The standard InChI is InChI=1S/C12H14N2O3/c1-8-3-4-10(9(5-8)6-13)14-7-11(17-2)12(15)16/h3-5,11,14H,7H2,1-2H3,(H,15,16). The lowest BCUT2D eigenvalue weighted by atomic mass is 10.1. The van der Waals surface area contributed by atoms with E-state index in [2.05, 4.69) is 11.4 Å².